The van der Waals surface area contributed by atoms with Gasteiger partial charge in [-0.25, -0.2) is 10.4 Å². The first kappa shape index (κ1) is 23.3. The van der Waals surface area contributed by atoms with Crippen molar-refractivity contribution in [2.75, 3.05) is 5.75 Å². The van der Waals surface area contributed by atoms with Gasteiger partial charge < -0.3 is 4.57 Å². The molecule has 0 saturated heterocycles. The summed E-state index contributed by atoms with van der Waals surface area (Å²) in [5.41, 5.74) is 6.62. The maximum atomic E-state index is 12.3. The third-order valence-electron chi connectivity index (χ3n) is 4.69. The molecule has 1 aromatic heterocycles. The predicted octanol–water partition coefficient (Wildman–Crippen LogP) is 6.37. The van der Waals surface area contributed by atoms with Crippen molar-refractivity contribution < 1.29 is 4.79 Å². The van der Waals surface area contributed by atoms with Gasteiger partial charge in [-0.3, -0.25) is 4.79 Å². The Morgan fingerprint density at radius 2 is 1.79 bits per heavy atom. The molecule has 0 saturated carbocycles. The van der Waals surface area contributed by atoms with Gasteiger partial charge >= 0.3 is 0 Å². The van der Waals surface area contributed by atoms with Crippen LogP contribution < -0.4 is 5.43 Å². The van der Waals surface area contributed by atoms with E-state index in [1.54, 1.807) is 6.21 Å². The van der Waals surface area contributed by atoms with Crippen LogP contribution in [0.15, 0.2) is 93.6 Å². The standard InChI is InChI=1S/C25H20BrClN4OS/c26-20(14-18-6-2-1-3-7-18)15-28-30-24(32)17-33-25-29-22-8-4-5-9-23(22)31(25)16-19-10-12-21(27)13-11-19/h1-15H,16-17H2,(H,30,32)/b20-14-,28-15-. The number of nitrogens with one attached hydrogen (secondary N) is 1. The molecule has 0 fully saturated rings. The number of allylic oxidation sites excluding steroid dienone is 1. The van der Waals surface area contributed by atoms with Crippen molar-refractivity contribution >= 4 is 68.5 Å². The molecule has 166 valence electrons. The lowest BCUT2D eigenvalue weighted by molar-refractivity contribution is -0.118. The molecular formula is C25H20BrClN4OS. The van der Waals surface area contributed by atoms with Gasteiger partial charge in [0.2, 0.25) is 0 Å². The highest BCUT2D eigenvalue weighted by molar-refractivity contribution is 9.12. The largest absolute Gasteiger partial charge is 0.314 e. The molecule has 3 aromatic carbocycles. The van der Waals surface area contributed by atoms with Gasteiger partial charge in [0.05, 0.1) is 29.5 Å². The second-order valence-electron chi connectivity index (χ2n) is 7.12. The average molecular weight is 540 g/mol. The molecule has 0 bridgehead atoms. The minimum absolute atomic E-state index is 0.196. The van der Waals surface area contributed by atoms with Crippen LogP contribution in [0.5, 0.6) is 0 Å². The first-order valence-electron chi connectivity index (χ1n) is 10.1. The molecule has 0 aliphatic carbocycles. The van der Waals surface area contributed by atoms with E-state index in [2.05, 4.69) is 31.0 Å². The SMILES string of the molecule is O=C(CSc1nc2ccccc2n1Cc1ccc(Cl)cc1)N/N=C\C(Br)=C\c1ccccc1. The molecule has 0 aliphatic rings. The van der Waals surface area contributed by atoms with Crippen LogP contribution in [-0.4, -0.2) is 27.4 Å². The number of imidazole rings is 1. The quantitative estimate of drug-likeness (QED) is 0.161. The van der Waals surface area contributed by atoms with Gasteiger partial charge in [-0.2, -0.15) is 5.10 Å². The molecule has 5 nitrogen and oxygen atoms in total. The molecule has 33 heavy (non-hydrogen) atoms. The number of amides is 1. The molecule has 1 N–H and O–H groups in total. The number of rotatable bonds is 8. The summed E-state index contributed by atoms with van der Waals surface area (Å²) in [6, 6.07) is 25.5. The fourth-order valence-corrected chi connectivity index (χ4v) is 4.46. The lowest BCUT2D eigenvalue weighted by Crippen LogP contribution is -2.20. The Bertz CT molecular complexity index is 1300. The molecular weight excluding hydrogens is 520 g/mol. The number of hydrogen-bond acceptors (Lipinski definition) is 4. The molecule has 4 aromatic rings. The molecule has 0 spiro atoms. The van der Waals surface area contributed by atoms with E-state index in [0.29, 0.717) is 11.6 Å². The van der Waals surface area contributed by atoms with Gasteiger partial charge in [-0.15, -0.1) is 0 Å². The Balaban J connectivity index is 1.40. The highest BCUT2D eigenvalue weighted by Gasteiger charge is 2.13. The van der Waals surface area contributed by atoms with Gasteiger partial charge in [-0.05, 0) is 57.4 Å². The fourth-order valence-electron chi connectivity index (χ4n) is 3.16. The number of aromatic nitrogens is 2. The maximum Gasteiger partial charge on any atom is 0.250 e. The molecule has 1 heterocycles. The smallest absolute Gasteiger partial charge is 0.250 e. The van der Waals surface area contributed by atoms with Gasteiger partial charge in [0.15, 0.2) is 5.16 Å². The molecule has 0 aliphatic heterocycles. The van der Waals surface area contributed by atoms with Crippen LogP contribution in [0.2, 0.25) is 5.02 Å². The summed E-state index contributed by atoms with van der Waals surface area (Å²) in [4.78, 5) is 17.1. The van der Waals surface area contributed by atoms with Crippen LogP contribution in [0.4, 0.5) is 0 Å². The Morgan fingerprint density at radius 1 is 1.06 bits per heavy atom. The highest BCUT2D eigenvalue weighted by atomic mass is 79.9. The minimum Gasteiger partial charge on any atom is -0.314 e. The van der Waals surface area contributed by atoms with Crippen molar-refractivity contribution in [3.63, 3.8) is 0 Å². The van der Waals surface area contributed by atoms with Crippen LogP contribution in [0.25, 0.3) is 17.1 Å². The Labute approximate surface area is 209 Å². The Morgan fingerprint density at radius 3 is 2.58 bits per heavy atom. The molecule has 4 rings (SSSR count). The fraction of sp³-hybridized carbons (Fsp3) is 0.0800. The molecule has 1 amide bonds. The molecule has 0 radical (unpaired) electrons. The third kappa shape index (κ3) is 6.57. The number of halogens is 2. The van der Waals surface area contributed by atoms with Gasteiger partial charge in [-0.1, -0.05) is 78.0 Å². The summed E-state index contributed by atoms with van der Waals surface area (Å²) >= 11 is 10.8. The van der Waals surface area contributed by atoms with E-state index in [0.717, 1.165) is 31.8 Å². The van der Waals surface area contributed by atoms with Crippen molar-refractivity contribution in [2.45, 2.75) is 11.7 Å². The van der Waals surface area contributed by atoms with E-state index in [9.17, 15) is 4.79 Å². The lowest BCUT2D eigenvalue weighted by Gasteiger charge is -2.09. The van der Waals surface area contributed by atoms with E-state index in [-0.39, 0.29) is 11.7 Å². The first-order valence-corrected chi connectivity index (χ1v) is 12.3. The number of thioether (sulfide) groups is 1. The van der Waals surface area contributed by atoms with Crippen molar-refractivity contribution in [3.05, 3.63) is 99.5 Å². The number of hydrazone groups is 1. The highest BCUT2D eigenvalue weighted by Crippen LogP contribution is 2.25. The topological polar surface area (TPSA) is 59.3 Å². The third-order valence-corrected chi connectivity index (χ3v) is 6.35. The van der Waals surface area contributed by atoms with Crippen LogP contribution >= 0.6 is 39.3 Å². The predicted molar refractivity (Wildman–Crippen MR) is 141 cm³/mol. The monoisotopic (exact) mass is 538 g/mol. The molecule has 8 heteroatoms. The number of carbonyl (C=O) groups is 1. The Hall–Kier alpha value is -2.87. The number of fused-ring (bicyclic) bond motifs is 1. The zero-order valence-corrected chi connectivity index (χ0v) is 20.6. The number of para-hydroxylation sites is 2. The second-order valence-corrected chi connectivity index (χ2v) is 9.41. The van der Waals surface area contributed by atoms with E-state index in [1.807, 2.05) is 84.9 Å². The number of carbonyl (C=O) groups excluding carboxylic acids is 1. The Kier molecular flexibility index (Phi) is 7.99. The summed E-state index contributed by atoms with van der Waals surface area (Å²) in [7, 11) is 0. The molecule has 0 atom stereocenters. The van der Waals surface area contributed by atoms with Crippen LogP contribution in [0.1, 0.15) is 11.1 Å². The normalized spacial score (nSPS) is 11.9. The number of hydrogen-bond donors (Lipinski definition) is 1. The average Bonchev–Trinajstić information content (AvgIpc) is 3.17. The zero-order chi connectivity index (χ0) is 23.0. The van der Waals surface area contributed by atoms with Crippen LogP contribution in [-0.2, 0) is 11.3 Å². The lowest BCUT2D eigenvalue weighted by atomic mass is 10.2. The van der Waals surface area contributed by atoms with Crippen molar-refractivity contribution in [2.24, 2.45) is 5.10 Å². The number of benzene rings is 3. The van der Waals surface area contributed by atoms with Crippen LogP contribution in [0.3, 0.4) is 0 Å². The summed E-state index contributed by atoms with van der Waals surface area (Å²) in [6.07, 6.45) is 3.48. The molecule has 0 unspecified atom stereocenters. The first-order chi connectivity index (χ1) is 16.1. The van der Waals surface area contributed by atoms with E-state index < -0.39 is 0 Å². The van der Waals surface area contributed by atoms with Crippen molar-refractivity contribution in [1.82, 2.24) is 15.0 Å². The maximum absolute atomic E-state index is 12.3. The van der Waals surface area contributed by atoms with Gasteiger partial charge in [0, 0.05) is 9.51 Å². The number of nitrogens with zero attached hydrogens (tertiary/aromatic N) is 3. The van der Waals surface area contributed by atoms with Gasteiger partial charge in [0.25, 0.3) is 5.91 Å². The van der Waals surface area contributed by atoms with E-state index in [4.69, 9.17) is 16.6 Å². The zero-order valence-electron chi connectivity index (χ0n) is 17.5. The van der Waals surface area contributed by atoms with Crippen LogP contribution in [0, 0.1) is 0 Å². The van der Waals surface area contributed by atoms with Crippen molar-refractivity contribution in [3.8, 4) is 0 Å². The van der Waals surface area contributed by atoms with Crippen molar-refractivity contribution in [1.29, 1.82) is 0 Å². The summed E-state index contributed by atoms with van der Waals surface area (Å²) < 4.78 is 2.87. The minimum atomic E-state index is -0.207. The second kappa shape index (κ2) is 11.3. The summed E-state index contributed by atoms with van der Waals surface area (Å²) in [6.45, 7) is 0.636. The summed E-state index contributed by atoms with van der Waals surface area (Å²) in [5.74, 6) is -0.0113. The summed E-state index contributed by atoms with van der Waals surface area (Å²) in [5, 5.41) is 5.50. The van der Waals surface area contributed by atoms with Gasteiger partial charge in [0.1, 0.15) is 0 Å². The van der Waals surface area contributed by atoms with E-state index in [1.165, 1.54) is 11.8 Å². The van der Waals surface area contributed by atoms with E-state index >= 15 is 0 Å².